The summed E-state index contributed by atoms with van der Waals surface area (Å²) >= 11 is 6.17. The van der Waals surface area contributed by atoms with Crippen LogP contribution in [0.25, 0.3) is 0 Å². The monoisotopic (exact) mass is 254 g/mol. The molecule has 1 aromatic rings. The molecule has 3 N–H and O–H groups in total. The molecule has 1 rings (SSSR count). The van der Waals surface area contributed by atoms with E-state index in [0.717, 1.165) is 17.8 Å². The Labute approximate surface area is 110 Å². The Bertz CT molecular complexity index is 319. The third-order valence-electron chi connectivity index (χ3n) is 2.94. The van der Waals surface area contributed by atoms with Gasteiger partial charge in [0.2, 0.25) is 0 Å². The van der Waals surface area contributed by atoms with E-state index in [1.165, 1.54) is 25.7 Å². The van der Waals surface area contributed by atoms with Crippen LogP contribution >= 0.6 is 11.6 Å². The van der Waals surface area contributed by atoms with E-state index in [9.17, 15) is 0 Å². The van der Waals surface area contributed by atoms with E-state index in [1.54, 1.807) is 0 Å². The molecule has 0 saturated heterocycles. The van der Waals surface area contributed by atoms with E-state index < -0.39 is 0 Å². The standard InChI is InChI=1S/C14H23ClN2/c1-3-5-8-11(7-4-2)17-14-12(15)9-6-10-13(14)16/h6,9-11,17H,3-5,7-8,16H2,1-2H3. The molecule has 0 fully saturated rings. The highest BCUT2D eigenvalue weighted by atomic mass is 35.5. The van der Waals surface area contributed by atoms with Gasteiger partial charge in [0.25, 0.3) is 0 Å². The van der Waals surface area contributed by atoms with Crippen molar-refractivity contribution in [1.82, 2.24) is 0 Å². The third kappa shape index (κ3) is 4.47. The van der Waals surface area contributed by atoms with Gasteiger partial charge in [-0.25, -0.2) is 0 Å². The molecule has 0 radical (unpaired) electrons. The highest BCUT2D eigenvalue weighted by Crippen LogP contribution is 2.29. The fourth-order valence-corrected chi connectivity index (χ4v) is 2.22. The average Bonchev–Trinajstić information content (AvgIpc) is 2.31. The molecule has 0 heterocycles. The Morgan fingerprint density at radius 1 is 1.24 bits per heavy atom. The van der Waals surface area contributed by atoms with Gasteiger partial charge in [-0.05, 0) is 25.0 Å². The molecule has 0 amide bonds. The number of nitrogens with two attached hydrogens (primary N) is 1. The molecule has 1 unspecified atom stereocenters. The Morgan fingerprint density at radius 2 is 2.00 bits per heavy atom. The van der Waals surface area contributed by atoms with Crippen LogP contribution < -0.4 is 11.1 Å². The molecule has 0 spiro atoms. The minimum absolute atomic E-state index is 0.474. The predicted molar refractivity (Wildman–Crippen MR) is 77.7 cm³/mol. The molecule has 1 atom stereocenters. The number of rotatable bonds is 7. The molecule has 17 heavy (non-hydrogen) atoms. The van der Waals surface area contributed by atoms with E-state index >= 15 is 0 Å². The Morgan fingerprint density at radius 3 is 2.59 bits per heavy atom. The number of unbranched alkanes of at least 4 members (excludes halogenated alkanes) is 1. The van der Waals surface area contributed by atoms with Gasteiger partial charge in [0.05, 0.1) is 16.4 Å². The molecular weight excluding hydrogens is 232 g/mol. The van der Waals surface area contributed by atoms with Crippen LogP contribution in [-0.4, -0.2) is 6.04 Å². The topological polar surface area (TPSA) is 38.0 Å². The van der Waals surface area contributed by atoms with Crippen LogP contribution in [0.4, 0.5) is 11.4 Å². The summed E-state index contributed by atoms with van der Waals surface area (Å²) in [5, 5.41) is 4.21. The number of benzene rings is 1. The summed E-state index contributed by atoms with van der Waals surface area (Å²) in [6.45, 7) is 4.42. The molecule has 0 aliphatic heterocycles. The summed E-state index contributed by atoms with van der Waals surface area (Å²) in [6, 6.07) is 6.12. The smallest absolute Gasteiger partial charge is 0.0765 e. The lowest BCUT2D eigenvalue weighted by Crippen LogP contribution is -2.20. The Hall–Kier alpha value is -0.890. The summed E-state index contributed by atoms with van der Waals surface area (Å²) in [5.74, 6) is 0. The molecular formula is C14H23ClN2. The summed E-state index contributed by atoms with van der Waals surface area (Å²) < 4.78 is 0. The van der Waals surface area contributed by atoms with E-state index in [4.69, 9.17) is 17.3 Å². The summed E-state index contributed by atoms with van der Waals surface area (Å²) in [6.07, 6.45) is 5.97. The number of anilines is 2. The van der Waals surface area contributed by atoms with E-state index in [1.807, 2.05) is 18.2 Å². The highest BCUT2D eigenvalue weighted by molar-refractivity contribution is 6.33. The van der Waals surface area contributed by atoms with Crippen molar-refractivity contribution in [3.8, 4) is 0 Å². The minimum atomic E-state index is 0.474. The van der Waals surface area contributed by atoms with Gasteiger partial charge in [0.1, 0.15) is 0 Å². The Kier molecular flexibility index (Phi) is 6.20. The van der Waals surface area contributed by atoms with Crippen LogP contribution in [0.2, 0.25) is 5.02 Å². The number of hydrogen-bond acceptors (Lipinski definition) is 2. The predicted octanol–water partition coefficient (Wildman–Crippen LogP) is 4.69. The highest BCUT2D eigenvalue weighted by Gasteiger charge is 2.11. The molecule has 96 valence electrons. The van der Waals surface area contributed by atoms with Crippen molar-refractivity contribution in [2.75, 3.05) is 11.1 Å². The van der Waals surface area contributed by atoms with Gasteiger partial charge in [-0.3, -0.25) is 0 Å². The normalized spacial score (nSPS) is 12.4. The first-order valence-corrected chi connectivity index (χ1v) is 6.87. The zero-order chi connectivity index (χ0) is 12.7. The largest absolute Gasteiger partial charge is 0.397 e. The van der Waals surface area contributed by atoms with Crippen LogP contribution in [0.1, 0.15) is 46.0 Å². The van der Waals surface area contributed by atoms with Crippen molar-refractivity contribution in [3.05, 3.63) is 23.2 Å². The van der Waals surface area contributed by atoms with Crippen molar-refractivity contribution in [1.29, 1.82) is 0 Å². The lowest BCUT2D eigenvalue weighted by molar-refractivity contribution is 0.564. The van der Waals surface area contributed by atoms with Gasteiger partial charge in [-0.15, -0.1) is 0 Å². The number of nitrogens with one attached hydrogen (secondary N) is 1. The van der Waals surface area contributed by atoms with Crippen molar-refractivity contribution < 1.29 is 0 Å². The fourth-order valence-electron chi connectivity index (χ4n) is 1.98. The van der Waals surface area contributed by atoms with Gasteiger partial charge in [-0.2, -0.15) is 0 Å². The maximum absolute atomic E-state index is 6.17. The summed E-state index contributed by atoms with van der Waals surface area (Å²) in [4.78, 5) is 0. The van der Waals surface area contributed by atoms with Crippen LogP contribution in [0.15, 0.2) is 18.2 Å². The van der Waals surface area contributed by atoms with Crippen molar-refractivity contribution in [2.45, 2.75) is 52.0 Å². The number of para-hydroxylation sites is 1. The van der Waals surface area contributed by atoms with Crippen molar-refractivity contribution in [2.24, 2.45) is 0 Å². The van der Waals surface area contributed by atoms with Gasteiger partial charge >= 0.3 is 0 Å². The fraction of sp³-hybridized carbons (Fsp3) is 0.571. The van der Waals surface area contributed by atoms with Crippen molar-refractivity contribution >= 4 is 23.0 Å². The third-order valence-corrected chi connectivity index (χ3v) is 3.25. The molecule has 0 saturated carbocycles. The first-order chi connectivity index (χ1) is 8.19. The maximum Gasteiger partial charge on any atom is 0.0765 e. The van der Waals surface area contributed by atoms with Gasteiger partial charge in [0.15, 0.2) is 0 Å². The first kappa shape index (κ1) is 14.2. The second-order valence-corrected chi connectivity index (χ2v) is 4.88. The second kappa shape index (κ2) is 7.44. The average molecular weight is 255 g/mol. The molecule has 3 heteroatoms. The molecule has 0 aliphatic carbocycles. The van der Waals surface area contributed by atoms with Crippen LogP contribution in [-0.2, 0) is 0 Å². The lowest BCUT2D eigenvalue weighted by atomic mass is 10.0. The molecule has 1 aromatic carbocycles. The molecule has 0 bridgehead atoms. The zero-order valence-electron chi connectivity index (χ0n) is 10.8. The number of hydrogen-bond donors (Lipinski definition) is 2. The van der Waals surface area contributed by atoms with E-state index in [2.05, 4.69) is 19.2 Å². The van der Waals surface area contributed by atoms with E-state index in [-0.39, 0.29) is 0 Å². The van der Waals surface area contributed by atoms with E-state index in [0.29, 0.717) is 11.1 Å². The first-order valence-electron chi connectivity index (χ1n) is 6.49. The molecule has 0 aliphatic rings. The maximum atomic E-state index is 6.17. The Balaban J connectivity index is 2.70. The summed E-state index contributed by atoms with van der Waals surface area (Å²) in [5.41, 5.74) is 7.57. The van der Waals surface area contributed by atoms with Crippen LogP contribution in [0, 0.1) is 0 Å². The molecule has 0 aromatic heterocycles. The quantitative estimate of drug-likeness (QED) is 0.693. The number of nitrogen functional groups attached to an aromatic ring is 1. The molecule has 2 nitrogen and oxygen atoms in total. The second-order valence-electron chi connectivity index (χ2n) is 4.48. The van der Waals surface area contributed by atoms with Crippen LogP contribution in [0.3, 0.4) is 0 Å². The SMILES string of the molecule is CCCCC(CCC)Nc1c(N)cccc1Cl. The minimum Gasteiger partial charge on any atom is -0.397 e. The summed E-state index contributed by atoms with van der Waals surface area (Å²) in [7, 11) is 0. The van der Waals surface area contributed by atoms with Gasteiger partial charge < -0.3 is 11.1 Å². The van der Waals surface area contributed by atoms with Crippen molar-refractivity contribution in [3.63, 3.8) is 0 Å². The van der Waals surface area contributed by atoms with Gasteiger partial charge in [-0.1, -0.05) is 50.8 Å². The number of halogens is 1. The lowest BCUT2D eigenvalue weighted by Gasteiger charge is -2.21. The van der Waals surface area contributed by atoms with Crippen LogP contribution in [0.5, 0.6) is 0 Å². The zero-order valence-corrected chi connectivity index (χ0v) is 11.6. The van der Waals surface area contributed by atoms with Gasteiger partial charge in [0, 0.05) is 6.04 Å².